The highest BCUT2D eigenvalue weighted by atomic mass is 19.4. The molecule has 4 aromatic rings. The maximum atomic E-state index is 12.9. The SMILES string of the molecule is Cc1cccn2nc([C@@H]3c4nc[nH]c4CCN3c3ncc(C(F)(F)F)cn3)cc12. The van der Waals surface area contributed by atoms with Gasteiger partial charge in [-0.05, 0) is 24.6 Å². The van der Waals surface area contributed by atoms with Gasteiger partial charge in [-0.2, -0.15) is 18.3 Å². The van der Waals surface area contributed by atoms with E-state index in [0.717, 1.165) is 40.6 Å². The van der Waals surface area contributed by atoms with Crippen molar-refractivity contribution in [3.8, 4) is 0 Å². The van der Waals surface area contributed by atoms with E-state index in [4.69, 9.17) is 5.10 Å². The van der Waals surface area contributed by atoms with Crippen molar-refractivity contribution in [3.63, 3.8) is 0 Å². The number of nitrogens with one attached hydrogen (secondary N) is 1. The summed E-state index contributed by atoms with van der Waals surface area (Å²) >= 11 is 0. The van der Waals surface area contributed by atoms with Crippen LogP contribution < -0.4 is 4.90 Å². The molecule has 7 nitrogen and oxygen atoms in total. The lowest BCUT2D eigenvalue weighted by atomic mass is 10.00. The number of aromatic amines is 1. The van der Waals surface area contributed by atoms with Crippen LogP contribution in [0.25, 0.3) is 5.52 Å². The van der Waals surface area contributed by atoms with Gasteiger partial charge in [0.1, 0.15) is 6.04 Å². The molecule has 5 rings (SSSR count). The van der Waals surface area contributed by atoms with Crippen LogP contribution in [0, 0.1) is 6.92 Å². The Bertz CT molecular complexity index is 1180. The Kier molecular flexibility index (Phi) is 3.83. The number of anilines is 1. The highest BCUT2D eigenvalue weighted by Gasteiger charge is 2.36. The molecule has 148 valence electrons. The molecule has 4 aromatic heterocycles. The van der Waals surface area contributed by atoms with Crippen LogP contribution in [0.1, 0.15) is 34.3 Å². The average Bonchev–Trinajstić information content (AvgIpc) is 3.34. The number of fused-ring (bicyclic) bond motifs is 2. The van der Waals surface area contributed by atoms with Crippen molar-refractivity contribution in [2.24, 2.45) is 0 Å². The predicted molar refractivity (Wildman–Crippen MR) is 98.4 cm³/mol. The smallest absolute Gasteiger partial charge is 0.348 e. The summed E-state index contributed by atoms with van der Waals surface area (Å²) in [5, 5.41) is 4.69. The Morgan fingerprint density at radius 1 is 1.17 bits per heavy atom. The summed E-state index contributed by atoms with van der Waals surface area (Å²) in [6.07, 6.45) is 1.28. The lowest BCUT2D eigenvalue weighted by Crippen LogP contribution is -2.37. The lowest BCUT2D eigenvalue weighted by Gasteiger charge is -2.33. The van der Waals surface area contributed by atoms with Crippen LogP contribution in [0.2, 0.25) is 0 Å². The summed E-state index contributed by atoms with van der Waals surface area (Å²) < 4.78 is 40.5. The molecule has 0 bridgehead atoms. The van der Waals surface area contributed by atoms with E-state index in [1.54, 1.807) is 10.8 Å². The summed E-state index contributed by atoms with van der Waals surface area (Å²) in [6.45, 7) is 2.52. The van der Waals surface area contributed by atoms with E-state index in [1.165, 1.54) is 0 Å². The number of hydrogen-bond donors (Lipinski definition) is 1. The summed E-state index contributed by atoms with van der Waals surface area (Å²) in [7, 11) is 0. The zero-order valence-electron chi connectivity index (χ0n) is 15.4. The van der Waals surface area contributed by atoms with E-state index < -0.39 is 17.8 Å². The second-order valence-corrected chi connectivity index (χ2v) is 6.97. The van der Waals surface area contributed by atoms with Crippen molar-refractivity contribution in [1.29, 1.82) is 0 Å². The average molecular weight is 399 g/mol. The van der Waals surface area contributed by atoms with Gasteiger partial charge in [0.15, 0.2) is 0 Å². The third kappa shape index (κ3) is 2.91. The topological polar surface area (TPSA) is 75.0 Å². The lowest BCUT2D eigenvalue weighted by molar-refractivity contribution is -0.138. The first-order valence-corrected chi connectivity index (χ1v) is 9.05. The maximum Gasteiger partial charge on any atom is 0.419 e. The Labute approximate surface area is 163 Å². The molecule has 0 saturated carbocycles. The standard InChI is InChI=1S/C19H16F3N7/c1-11-3-2-5-29-15(11)7-14(27-29)17-16-13(25-10-26-16)4-6-28(17)18-23-8-12(9-24-18)19(20,21)22/h2-3,5,7-10,17H,4,6H2,1H3,(H,25,26)/t17-/m1/s1. The fourth-order valence-corrected chi connectivity index (χ4v) is 3.72. The first-order valence-electron chi connectivity index (χ1n) is 9.05. The second-order valence-electron chi connectivity index (χ2n) is 6.97. The second kappa shape index (κ2) is 6.29. The molecule has 0 aromatic carbocycles. The van der Waals surface area contributed by atoms with Crippen LogP contribution in [0.15, 0.2) is 43.1 Å². The van der Waals surface area contributed by atoms with Crippen LogP contribution in [0.3, 0.4) is 0 Å². The number of pyridine rings is 1. The van der Waals surface area contributed by atoms with Gasteiger partial charge in [0, 0.05) is 37.3 Å². The quantitative estimate of drug-likeness (QED) is 0.560. The number of rotatable bonds is 2. The highest BCUT2D eigenvalue weighted by molar-refractivity contribution is 5.57. The maximum absolute atomic E-state index is 12.9. The van der Waals surface area contributed by atoms with Crippen LogP contribution >= 0.6 is 0 Å². The number of imidazole rings is 1. The van der Waals surface area contributed by atoms with Gasteiger partial charge >= 0.3 is 6.18 Å². The van der Waals surface area contributed by atoms with Gasteiger partial charge in [0.05, 0.1) is 28.8 Å². The third-order valence-electron chi connectivity index (χ3n) is 5.16. The normalized spacial score (nSPS) is 17.0. The Morgan fingerprint density at radius 2 is 1.97 bits per heavy atom. The molecule has 0 unspecified atom stereocenters. The monoisotopic (exact) mass is 399 g/mol. The summed E-state index contributed by atoms with van der Waals surface area (Å²) in [6, 6.07) is 5.48. The van der Waals surface area contributed by atoms with Crippen LogP contribution in [-0.4, -0.2) is 36.1 Å². The van der Waals surface area contributed by atoms with Gasteiger partial charge in [-0.25, -0.2) is 19.5 Å². The summed E-state index contributed by atoms with van der Waals surface area (Å²) in [4.78, 5) is 17.4. The number of H-pyrrole nitrogens is 1. The van der Waals surface area contributed by atoms with Gasteiger partial charge in [0.25, 0.3) is 0 Å². The highest BCUT2D eigenvalue weighted by Crippen LogP contribution is 2.36. The first kappa shape index (κ1) is 17.7. The van der Waals surface area contributed by atoms with Crippen molar-refractivity contribution in [3.05, 3.63) is 71.3 Å². The Balaban J connectivity index is 1.61. The van der Waals surface area contributed by atoms with Crippen LogP contribution in [0.4, 0.5) is 19.1 Å². The molecule has 0 aliphatic carbocycles. The summed E-state index contributed by atoms with van der Waals surface area (Å²) in [5.41, 5.74) is 3.64. The third-order valence-corrected chi connectivity index (χ3v) is 5.16. The molecule has 1 atom stereocenters. The van der Waals surface area contributed by atoms with Crippen molar-refractivity contribution >= 4 is 11.5 Å². The van der Waals surface area contributed by atoms with Gasteiger partial charge in [-0.15, -0.1) is 0 Å². The fraction of sp³-hybridized carbons (Fsp3) is 0.263. The summed E-state index contributed by atoms with van der Waals surface area (Å²) in [5.74, 6) is 0.213. The first-order chi connectivity index (χ1) is 13.9. The fourth-order valence-electron chi connectivity index (χ4n) is 3.72. The molecule has 10 heteroatoms. The number of hydrogen-bond acceptors (Lipinski definition) is 5. The van der Waals surface area contributed by atoms with Crippen LogP contribution in [-0.2, 0) is 12.6 Å². The van der Waals surface area contributed by atoms with Gasteiger partial charge < -0.3 is 9.88 Å². The predicted octanol–water partition coefficient (Wildman–Crippen LogP) is 3.33. The van der Waals surface area contributed by atoms with E-state index in [-0.39, 0.29) is 5.95 Å². The molecule has 0 spiro atoms. The Hall–Kier alpha value is -3.43. The largest absolute Gasteiger partial charge is 0.419 e. The van der Waals surface area contributed by atoms with E-state index in [9.17, 15) is 13.2 Å². The van der Waals surface area contributed by atoms with Gasteiger partial charge in [-0.1, -0.05) is 6.07 Å². The number of aryl methyl sites for hydroxylation is 1. The number of aromatic nitrogens is 6. The minimum Gasteiger partial charge on any atom is -0.348 e. The zero-order valence-corrected chi connectivity index (χ0v) is 15.4. The minimum atomic E-state index is -4.48. The molecule has 0 saturated heterocycles. The molecule has 0 amide bonds. The molecule has 1 N–H and O–H groups in total. The molecule has 1 aliphatic heterocycles. The van der Waals surface area contributed by atoms with E-state index >= 15 is 0 Å². The van der Waals surface area contributed by atoms with E-state index in [1.807, 2.05) is 36.2 Å². The molecular weight excluding hydrogens is 383 g/mol. The van der Waals surface area contributed by atoms with Crippen molar-refractivity contribution < 1.29 is 13.2 Å². The van der Waals surface area contributed by atoms with E-state index in [0.29, 0.717) is 13.0 Å². The molecule has 0 radical (unpaired) electrons. The molecular formula is C19H16F3N7. The Morgan fingerprint density at radius 3 is 2.69 bits per heavy atom. The number of nitrogens with zero attached hydrogens (tertiary/aromatic N) is 6. The van der Waals surface area contributed by atoms with Crippen molar-refractivity contribution in [1.82, 2.24) is 29.5 Å². The van der Waals surface area contributed by atoms with E-state index in [2.05, 4.69) is 19.9 Å². The zero-order chi connectivity index (χ0) is 20.2. The van der Waals surface area contributed by atoms with Crippen LogP contribution in [0.5, 0.6) is 0 Å². The molecule has 29 heavy (non-hydrogen) atoms. The molecule has 0 fully saturated rings. The van der Waals surface area contributed by atoms with Gasteiger partial charge in [-0.3, -0.25) is 0 Å². The minimum absolute atomic E-state index is 0.213. The van der Waals surface area contributed by atoms with Gasteiger partial charge in [0.2, 0.25) is 5.95 Å². The van der Waals surface area contributed by atoms with Crippen molar-refractivity contribution in [2.75, 3.05) is 11.4 Å². The molecule has 5 heterocycles. The number of alkyl halides is 3. The van der Waals surface area contributed by atoms with Crippen molar-refractivity contribution in [2.45, 2.75) is 25.6 Å². The number of halogens is 3. The molecule has 1 aliphatic rings.